The van der Waals surface area contributed by atoms with E-state index in [2.05, 4.69) is 15.5 Å². The summed E-state index contributed by atoms with van der Waals surface area (Å²) in [6.07, 6.45) is 0. The second-order valence-electron chi connectivity index (χ2n) is 5.72. The van der Waals surface area contributed by atoms with Crippen molar-refractivity contribution in [2.75, 3.05) is 38.2 Å². The van der Waals surface area contributed by atoms with Crippen molar-refractivity contribution in [2.24, 2.45) is 0 Å². The van der Waals surface area contributed by atoms with Gasteiger partial charge in [-0.15, -0.1) is 0 Å². The fourth-order valence-electron chi connectivity index (χ4n) is 2.43. The number of likely N-dealkylation sites (N-methyl/N-ethyl adjacent to an activating group) is 1. The summed E-state index contributed by atoms with van der Waals surface area (Å²) < 4.78 is 5.43. The standard InChI is InChI=1S/C20H25N3O3/c1-3-26-18-12-8-7-11-17(18)20(25)22-15-19(24)21-13-14-23(2)16-9-5-4-6-10-16/h4-12H,3,13-15H2,1-2H3,(H,21,24)(H,22,25). The van der Waals surface area contributed by atoms with Crippen LogP contribution in [-0.4, -0.2) is 45.1 Å². The van der Waals surface area contributed by atoms with Crippen LogP contribution in [0, 0.1) is 0 Å². The third-order valence-electron chi connectivity index (χ3n) is 3.81. The number of benzene rings is 2. The van der Waals surface area contributed by atoms with E-state index in [4.69, 9.17) is 4.74 Å². The van der Waals surface area contributed by atoms with Crippen LogP contribution >= 0.6 is 0 Å². The highest BCUT2D eigenvalue weighted by molar-refractivity contribution is 5.98. The van der Waals surface area contributed by atoms with Crippen LogP contribution in [-0.2, 0) is 4.79 Å². The third kappa shape index (κ3) is 5.81. The predicted molar refractivity (Wildman–Crippen MR) is 103 cm³/mol. The number of ether oxygens (including phenoxy) is 1. The van der Waals surface area contributed by atoms with Gasteiger partial charge in [-0.3, -0.25) is 9.59 Å². The van der Waals surface area contributed by atoms with Crippen molar-refractivity contribution in [3.63, 3.8) is 0 Å². The number of anilines is 1. The van der Waals surface area contributed by atoms with Crippen LogP contribution in [0.1, 0.15) is 17.3 Å². The maximum atomic E-state index is 12.2. The van der Waals surface area contributed by atoms with Crippen LogP contribution in [0.25, 0.3) is 0 Å². The molecule has 2 N–H and O–H groups in total. The average Bonchev–Trinajstić information content (AvgIpc) is 2.67. The molecule has 0 heterocycles. The van der Waals surface area contributed by atoms with Gasteiger partial charge in [0.2, 0.25) is 5.91 Å². The van der Waals surface area contributed by atoms with Gasteiger partial charge in [-0.25, -0.2) is 0 Å². The maximum absolute atomic E-state index is 12.2. The van der Waals surface area contributed by atoms with Gasteiger partial charge in [-0.05, 0) is 31.2 Å². The maximum Gasteiger partial charge on any atom is 0.255 e. The van der Waals surface area contributed by atoms with Gasteiger partial charge < -0.3 is 20.3 Å². The Morgan fingerprint density at radius 1 is 1.00 bits per heavy atom. The summed E-state index contributed by atoms with van der Waals surface area (Å²) in [7, 11) is 1.97. The molecular formula is C20H25N3O3. The van der Waals surface area contributed by atoms with E-state index in [0.717, 1.165) is 5.69 Å². The first-order chi connectivity index (χ1) is 12.6. The Bertz CT molecular complexity index is 719. The number of amides is 2. The number of hydrogen-bond donors (Lipinski definition) is 2. The molecule has 0 aliphatic carbocycles. The van der Waals surface area contributed by atoms with E-state index in [0.29, 0.717) is 31.0 Å². The van der Waals surface area contributed by atoms with E-state index >= 15 is 0 Å². The van der Waals surface area contributed by atoms with Crippen molar-refractivity contribution in [3.8, 4) is 5.75 Å². The van der Waals surface area contributed by atoms with Gasteiger partial charge in [0.25, 0.3) is 5.91 Å². The molecule has 0 saturated carbocycles. The number of rotatable bonds is 9. The zero-order valence-corrected chi connectivity index (χ0v) is 15.2. The summed E-state index contributed by atoms with van der Waals surface area (Å²) in [5, 5.41) is 5.43. The summed E-state index contributed by atoms with van der Waals surface area (Å²) in [6, 6.07) is 16.9. The largest absolute Gasteiger partial charge is 0.493 e. The van der Waals surface area contributed by atoms with Crippen molar-refractivity contribution < 1.29 is 14.3 Å². The Morgan fingerprint density at radius 2 is 1.69 bits per heavy atom. The number of nitrogens with one attached hydrogen (secondary N) is 2. The van der Waals surface area contributed by atoms with Gasteiger partial charge in [0, 0.05) is 25.8 Å². The van der Waals surface area contributed by atoms with E-state index < -0.39 is 0 Å². The minimum atomic E-state index is -0.328. The van der Waals surface area contributed by atoms with Crippen LogP contribution in [0.4, 0.5) is 5.69 Å². The van der Waals surface area contributed by atoms with E-state index in [1.165, 1.54) is 0 Å². The van der Waals surface area contributed by atoms with Crippen LogP contribution in [0.3, 0.4) is 0 Å². The highest BCUT2D eigenvalue weighted by Crippen LogP contribution is 2.17. The lowest BCUT2D eigenvalue weighted by Gasteiger charge is -2.19. The SMILES string of the molecule is CCOc1ccccc1C(=O)NCC(=O)NCCN(C)c1ccccc1. The summed E-state index contributed by atoms with van der Waals surface area (Å²) >= 11 is 0. The highest BCUT2D eigenvalue weighted by atomic mass is 16.5. The Hall–Kier alpha value is -3.02. The minimum Gasteiger partial charge on any atom is -0.493 e. The lowest BCUT2D eigenvalue weighted by Crippen LogP contribution is -2.40. The fraction of sp³-hybridized carbons (Fsp3) is 0.300. The molecule has 0 radical (unpaired) electrons. The first-order valence-corrected chi connectivity index (χ1v) is 8.64. The zero-order chi connectivity index (χ0) is 18.8. The van der Waals surface area contributed by atoms with Crippen molar-refractivity contribution in [2.45, 2.75) is 6.92 Å². The number of para-hydroxylation sites is 2. The monoisotopic (exact) mass is 355 g/mol. The predicted octanol–water partition coefficient (Wildman–Crippen LogP) is 2.07. The summed E-state index contributed by atoms with van der Waals surface area (Å²) in [5.74, 6) is -0.0447. The molecule has 6 nitrogen and oxygen atoms in total. The molecule has 2 amide bonds. The van der Waals surface area contributed by atoms with Crippen LogP contribution in [0.5, 0.6) is 5.75 Å². The molecule has 0 spiro atoms. The molecular weight excluding hydrogens is 330 g/mol. The number of hydrogen-bond acceptors (Lipinski definition) is 4. The smallest absolute Gasteiger partial charge is 0.255 e. The van der Waals surface area contributed by atoms with Gasteiger partial charge >= 0.3 is 0 Å². The molecule has 0 saturated heterocycles. The summed E-state index contributed by atoms with van der Waals surface area (Å²) in [5.41, 5.74) is 1.51. The Kier molecular flexibility index (Phi) is 7.49. The van der Waals surface area contributed by atoms with Crippen molar-refractivity contribution >= 4 is 17.5 Å². The van der Waals surface area contributed by atoms with E-state index in [1.54, 1.807) is 24.3 Å². The van der Waals surface area contributed by atoms with E-state index in [9.17, 15) is 9.59 Å². The fourth-order valence-corrected chi connectivity index (χ4v) is 2.43. The van der Waals surface area contributed by atoms with Crippen molar-refractivity contribution in [1.29, 1.82) is 0 Å². The molecule has 0 fully saturated rings. The van der Waals surface area contributed by atoms with E-state index in [1.807, 2.05) is 44.3 Å². The first-order valence-electron chi connectivity index (χ1n) is 8.64. The average molecular weight is 355 g/mol. The number of carbonyl (C=O) groups excluding carboxylic acids is 2. The lowest BCUT2D eigenvalue weighted by atomic mass is 10.2. The Balaban J connectivity index is 1.74. The first kappa shape index (κ1) is 19.3. The van der Waals surface area contributed by atoms with Crippen molar-refractivity contribution in [3.05, 3.63) is 60.2 Å². The molecule has 2 aromatic rings. The molecule has 0 aliphatic heterocycles. The van der Waals surface area contributed by atoms with Crippen LogP contribution in [0.2, 0.25) is 0 Å². The quantitative estimate of drug-likeness (QED) is 0.722. The molecule has 6 heteroatoms. The van der Waals surface area contributed by atoms with Crippen LogP contribution in [0.15, 0.2) is 54.6 Å². The zero-order valence-electron chi connectivity index (χ0n) is 15.2. The van der Waals surface area contributed by atoms with Gasteiger partial charge in [0.15, 0.2) is 0 Å². The lowest BCUT2D eigenvalue weighted by molar-refractivity contribution is -0.120. The Morgan fingerprint density at radius 3 is 2.42 bits per heavy atom. The van der Waals surface area contributed by atoms with Gasteiger partial charge in [-0.1, -0.05) is 30.3 Å². The molecule has 0 atom stereocenters. The Labute approximate surface area is 154 Å². The number of nitrogens with zero attached hydrogens (tertiary/aromatic N) is 1. The molecule has 0 aromatic heterocycles. The highest BCUT2D eigenvalue weighted by Gasteiger charge is 2.12. The minimum absolute atomic E-state index is 0.0751. The van der Waals surface area contributed by atoms with Gasteiger partial charge in [0.05, 0.1) is 18.7 Å². The molecule has 0 bridgehead atoms. The molecule has 0 unspecified atom stereocenters. The molecule has 2 rings (SSSR count). The van der Waals surface area contributed by atoms with E-state index in [-0.39, 0.29) is 18.4 Å². The summed E-state index contributed by atoms with van der Waals surface area (Å²) in [6.45, 7) is 3.43. The molecule has 26 heavy (non-hydrogen) atoms. The number of carbonyl (C=O) groups is 2. The molecule has 0 aliphatic rings. The second kappa shape index (κ2) is 10.1. The third-order valence-corrected chi connectivity index (χ3v) is 3.81. The molecule has 2 aromatic carbocycles. The summed E-state index contributed by atoms with van der Waals surface area (Å²) in [4.78, 5) is 26.2. The van der Waals surface area contributed by atoms with Crippen molar-refractivity contribution in [1.82, 2.24) is 10.6 Å². The van der Waals surface area contributed by atoms with Gasteiger partial charge in [0.1, 0.15) is 5.75 Å². The normalized spacial score (nSPS) is 10.1. The topological polar surface area (TPSA) is 70.7 Å². The second-order valence-corrected chi connectivity index (χ2v) is 5.72. The van der Waals surface area contributed by atoms with Crippen LogP contribution < -0.4 is 20.3 Å². The molecule has 138 valence electrons. The van der Waals surface area contributed by atoms with Gasteiger partial charge in [-0.2, -0.15) is 0 Å².